The number of nitro groups is 1. The number of piperazine rings is 1. The molecule has 1 saturated heterocycles. The molecule has 1 fully saturated rings. The third kappa shape index (κ3) is 3.79. The zero-order valence-electron chi connectivity index (χ0n) is 12.7. The van der Waals surface area contributed by atoms with Crippen LogP contribution in [0.1, 0.15) is 0 Å². The second kappa shape index (κ2) is 6.95. The van der Waals surface area contributed by atoms with Crippen LogP contribution in [0.4, 0.5) is 11.4 Å². The highest BCUT2D eigenvalue weighted by Gasteiger charge is 2.26. The number of nitro benzene ring substituents is 1. The first-order valence-corrected chi connectivity index (χ1v) is 8.50. The normalized spacial score (nSPS) is 16.1. The van der Waals surface area contributed by atoms with Crippen LogP contribution in [0, 0.1) is 22.5 Å². The maximum Gasteiger partial charge on any atom is 0.293 e. The Morgan fingerprint density at radius 1 is 1.35 bits per heavy atom. The second-order valence-corrected chi connectivity index (χ2v) is 6.97. The van der Waals surface area contributed by atoms with E-state index in [1.807, 2.05) is 4.90 Å². The maximum absolute atomic E-state index is 11.8. The number of anilines is 1. The van der Waals surface area contributed by atoms with E-state index in [0.29, 0.717) is 38.4 Å². The summed E-state index contributed by atoms with van der Waals surface area (Å²) < 4.78 is 25.8. The fraction of sp³-hybridized carbons (Fsp3) is 0.429. The molecule has 23 heavy (non-hydrogen) atoms. The lowest BCUT2D eigenvalue weighted by molar-refractivity contribution is -0.384. The Morgan fingerprint density at radius 2 is 2.00 bits per heavy atom. The van der Waals surface area contributed by atoms with Gasteiger partial charge in [-0.15, -0.1) is 6.42 Å². The molecule has 124 valence electrons. The molecular formula is C14H18N4O4S. The van der Waals surface area contributed by atoms with Crippen molar-refractivity contribution in [1.29, 1.82) is 0 Å². The average Bonchev–Trinajstić information content (AvgIpc) is 2.55. The highest BCUT2D eigenvalue weighted by molar-refractivity contribution is 7.89. The fourth-order valence-electron chi connectivity index (χ4n) is 2.48. The van der Waals surface area contributed by atoms with Gasteiger partial charge in [-0.05, 0) is 19.2 Å². The average molecular weight is 338 g/mol. The Labute approximate surface area is 135 Å². The van der Waals surface area contributed by atoms with Crippen LogP contribution in [-0.4, -0.2) is 58.0 Å². The van der Waals surface area contributed by atoms with E-state index >= 15 is 0 Å². The van der Waals surface area contributed by atoms with Gasteiger partial charge in [0.05, 0.1) is 16.4 Å². The van der Waals surface area contributed by atoms with E-state index in [4.69, 9.17) is 6.42 Å². The van der Waals surface area contributed by atoms with Crippen LogP contribution in [0.5, 0.6) is 0 Å². The summed E-state index contributed by atoms with van der Waals surface area (Å²) in [6.07, 6.45) is 5.28. The van der Waals surface area contributed by atoms with E-state index in [-0.39, 0.29) is 10.6 Å². The summed E-state index contributed by atoms with van der Waals surface area (Å²) in [6.45, 7) is 3.16. The van der Waals surface area contributed by atoms with Gasteiger partial charge in [-0.2, -0.15) is 0 Å². The topological polar surface area (TPSA) is 95.8 Å². The first-order chi connectivity index (χ1) is 10.9. The molecule has 1 aromatic carbocycles. The maximum atomic E-state index is 11.8. The molecule has 8 nitrogen and oxygen atoms in total. The van der Waals surface area contributed by atoms with Crippen molar-refractivity contribution in [3.8, 4) is 12.3 Å². The molecule has 0 unspecified atom stereocenters. The molecule has 1 N–H and O–H groups in total. The van der Waals surface area contributed by atoms with Gasteiger partial charge in [0, 0.05) is 32.2 Å². The van der Waals surface area contributed by atoms with Crippen LogP contribution in [-0.2, 0) is 10.0 Å². The molecule has 0 radical (unpaired) electrons. The molecule has 2 rings (SSSR count). The zero-order chi connectivity index (χ0) is 17.0. The first kappa shape index (κ1) is 17.2. The molecule has 0 atom stereocenters. The van der Waals surface area contributed by atoms with Crippen molar-refractivity contribution in [1.82, 2.24) is 9.62 Å². The Balaban J connectivity index is 2.30. The number of nitrogens with zero attached hydrogens (tertiary/aromatic N) is 3. The minimum absolute atomic E-state index is 0.124. The number of terminal acetylenes is 1. The van der Waals surface area contributed by atoms with Crippen LogP contribution in [0.3, 0.4) is 0 Å². The Hall–Kier alpha value is -2.15. The Bertz CT molecular complexity index is 734. The number of nitrogens with one attached hydrogen (secondary N) is 1. The molecule has 0 saturated carbocycles. The van der Waals surface area contributed by atoms with Gasteiger partial charge in [0.1, 0.15) is 5.69 Å². The van der Waals surface area contributed by atoms with E-state index in [0.717, 1.165) is 6.07 Å². The van der Waals surface area contributed by atoms with E-state index in [2.05, 4.69) is 15.5 Å². The second-order valence-electron chi connectivity index (χ2n) is 5.08. The minimum atomic E-state index is -3.72. The van der Waals surface area contributed by atoms with Crippen LogP contribution >= 0.6 is 0 Å². The van der Waals surface area contributed by atoms with E-state index < -0.39 is 14.9 Å². The Morgan fingerprint density at radius 3 is 2.52 bits per heavy atom. The van der Waals surface area contributed by atoms with Gasteiger partial charge < -0.3 is 4.90 Å². The van der Waals surface area contributed by atoms with Gasteiger partial charge in [-0.25, -0.2) is 13.1 Å². The van der Waals surface area contributed by atoms with Crippen molar-refractivity contribution in [3.05, 3.63) is 28.3 Å². The molecule has 1 aromatic rings. The summed E-state index contributed by atoms with van der Waals surface area (Å²) in [4.78, 5) is 14.6. The molecule has 0 spiro atoms. The van der Waals surface area contributed by atoms with E-state index in [9.17, 15) is 18.5 Å². The predicted molar refractivity (Wildman–Crippen MR) is 86.8 cm³/mol. The van der Waals surface area contributed by atoms with Crippen molar-refractivity contribution in [3.63, 3.8) is 0 Å². The van der Waals surface area contributed by atoms with Crippen molar-refractivity contribution in [2.75, 3.05) is 44.7 Å². The standard InChI is InChI=1S/C14H18N4O4S/c1-3-6-16-7-9-17(10-8-16)13-5-4-12(23(21,22)15-2)11-14(13)18(19)20/h1,4-5,11,15H,6-10H2,2H3. The number of hydrogen-bond donors (Lipinski definition) is 1. The van der Waals surface area contributed by atoms with Gasteiger partial charge in [-0.3, -0.25) is 15.0 Å². The molecular weight excluding hydrogens is 320 g/mol. The van der Waals surface area contributed by atoms with Gasteiger partial charge in [0.15, 0.2) is 0 Å². The zero-order valence-corrected chi connectivity index (χ0v) is 13.5. The van der Waals surface area contributed by atoms with E-state index in [1.54, 1.807) is 0 Å². The van der Waals surface area contributed by atoms with E-state index in [1.165, 1.54) is 19.2 Å². The molecule has 0 aliphatic carbocycles. The summed E-state index contributed by atoms with van der Waals surface area (Å²) in [7, 11) is -2.46. The molecule has 0 bridgehead atoms. The van der Waals surface area contributed by atoms with Crippen molar-refractivity contribution >= 4 is 21.4 Å². The van der Waals surface area contributed by atoms with Gasteiger partial charge in [0.2, 0.25) is 10.0 Å². The minimum Gasteiger partial charge on any atom is -0.363 e. The van der Waals surface area contributed by atoms with Gasteiger partial charge in [0.25, 0.3) is 5.69 Å². The molecule has 1 aliphatic heterocycles. The summed E-state index contributed by atoms with van der Waals surface area (Å²) in [5.41, 5.74) is 0.206. The van der Waals surface area contributed by atoms with Crippen LogP contribution < -0.4 is 9.62 Å². The number of hydrogen-bond acceptors (Lipinski definition) is 6. The largest absolute Gasteiger partial charge is 0.363 e. The van der Waals surface area contributed by atoms with Crippen molar-refractivity contribution < 1.29 is 13.3 Å². The first-order valence-electron chi connectivity index (χ1n) is 7.02. The number of rotatable bonds is 5. The van der Waals surface area contributed by atoms with Crippen LogP contribution in [0.25, 0.3) is 0 Å². The molecule has 0 amide bonds. The van der Waals surface area contributed by atoms with Gasteiger partial charge in [-0.1, -0.05) is 5.92 Å². The summed E-state index contributed by atoms with van der Waals surface area (Å²) in [5, 5.41) is 11.3. The highest BCUT2D eigenvalue weighted by Crippen LogP contribution is 2.31. The molecule has 0 aromatic heterocycles. The third-order valence-electron chi connectivity index (χ3n) is 3.75. The summed E-state index contributed by atoms with van der Waals surface area (Å²) >= 11 is 0. The number of benzene rings is 1. The monoisotopic (exact) mass is 338 g/mol. The Kier molecular flexibility index (Phi) is 5.20. The lowest BCUT2D eigenvalue weighted by atomic mass is 10.2. The molecule has 1 heterocycles. The lowest BCUT2D eigenvalue weighted by Crippen LogP contribution is -2.46. The van der Waals surface area contributed by atoms with Crippen molar-refractivity contribution in [2.45, 2.75) is 4.90 Å². The third-order valence-corrected chi connectivity index (χ3v) is 5.16. The number of sulfonamides is 1. The summed E-state index contributed by atoms with van der Waals surface area (Å²) in [5.74, 6) is 2.58. The molecule has 9 heteroatoms. The fourth-order valence-corrected chi connectivity index (χ4v) is 3.23. The highest BCUT2D eigenvalue weighted by atomic mass is 32.2. The van der Waals surface area contributed by atoms with Crippen LogP contribution in [0.15, 0.2) is 23.1 Å². The predicted octanol–water partition coefficient (Wildman–Crippen LogP) is 0.258. The SMILES string of the molecule is C#CCN1CCN(c2ccc(S(=O)(=O)NC)cc2[N+](=O)[O-])CC1. The quantitative estimate of drug-likeness (QED) is 0.470. The smallest absolute Gasteiger partial charge is 0.293 e. The van der Waals surface area contributed by atoms with Crippen LogP contribution in [0.2, 0.25) is 0 Å². The lowest BCUT2D eigenvalue weighted by Gasteiger charge is -2.34. The van der Waals surface area contributed by atoms with Crippen molar-refractivity contribution in [2.24, 2.45) is 0 Å². The van der Waals surface area contributed by atoms with Gasteiger partial charge >= 0.3 is 0 Å². The summed E-state index contributed by atoms with van der Waals surface area (Å²) in [6, 6.07) is 3.95. The molecule has 1 aliphatic rings.